The van der Waals surface area contributed by atoms with Crippen molar-refractivity contribution in [1.29, 1.82) is 0 Å². The van der Waals surface area contributed by atoms with Crippen LogP contribution in [0, 0.1) is 10.8 Å². The lowest BCUT2D eigenvalue weighted by Crippen LogP contribution is -2.55. The van der Waals surface area contributed by atoms with Gasteiger partial charge in [-0.15, -0.1) is 0 Å². The number of ether oxygens (including phenoxy) is 2. The van der Waals surface area contributed by atoms with E-state index in [0.717, 1.165) is 0 Å². The van der Waals surface area contributed by atoms with Crippen molar-refractivity contribution < 1.29 is 24.2 Å². The molecule has 0 saturated carbocycles. The molecule has 0 amide bonds. The van der Waals surface area contributed by atoms with E-state index in [1.54, 1.807) is 0 Å². The summed E-state index contributed by atoms with van der Waals surface area (Å²) in [5.41, 5.74) is -1.70. The zero-order chi connectivity index (χ0) is 15.6. The molecule has 1 aliphatic rings. The molecule has 6 nitrogen and oxygen atoms in total. The monoisotopic (exact) mass is 287 g/mol. The van der Waals surface area contributed by atoms with Crippen molar-refractivity contribution in [2.45, 2.75) is 45.7 Å². The van der Waals surface area contributed by atoms with E-state index in [0.29, 0.717) is 6.42 Å². The third kappa shape index (κ3) is 2.81. The predicted molar refractivity (Wildman–Crippen MR) is 73.0 cm³/mol. The highest BCUT2D eigenvalue weighted by Gasteiger charge is 2.62. The van der Waals surface area contributed by atoms with E-state index in [-0.39, 0.29) is 24.5 Å². The number of hydrogen-bond donors (Lipinski definition) is 2. The van der Waals surface area contributed by atoms with E-state index in [9.17, 15) is 9.59 Å². The molecule has 1 heterocycles. The summed E-state index contributed by atoms with van der Waals surface area (Å²) in [5, 5.41) is 12.4. The van der Waals surface area contributed by atoms with Gasteiger partial charge in [-0.05, 0) is 18.3 Å². The summed E-state index contributed by atoms with van der Waals surface area (Å²) in [6.45, 7) is 5.85. The van der Waals surface area contributed by atoms with Crippen molar-refractivity contribution in [1.82, 2.24) is 5.32 Å². The Labute approximate surface area is 119 Å². The topological polar surface area (TPSA) is 84.9 Å². The molecule has 0 aliphatic carbocycles. The van der Waals surface area contributed by atoms with Gasteiger partial charge in [0.25, 0.3) is 0 Å². The van der Waals surface area contributed by atoms with Crippen LogP contribution in [0.2, 0.25) is 0 Å². The molecule has 2 atom stereocenters. The number of carbonyl (C=O) groups is 2. The van der Waals surface area contributed by atoms with Gasteiger partial charge in [0.05, 0.1) is 14.2 Å². The Bertz CT molecular complexity index is 358. The maximum Gasteiger partial charge on any atom is 0.324 e. The minimum Gasteiger partial charge on any atom is -0.468 e. The van der Waals surface area contributed by atoms with Gasteiger partial charge >= 0.3 is 11.9 Å². The molecule has 1 aliphatic heterocycles. The van der Waals surface area contributed by atoms with E-state index in [2.05, 4.69) is 5.32 Å². The van der Waals surface area contributed by atoms with Crippen molar-refractivity contribution in [3.05, 3.63) is 0 Å². The van der Waals surface area contributed by atoms with Crippen molar-refractivity contribution in [3.63, 3.8) is 0 Å². The highest BCUT2D eigenvalue weighted by molar-refractivity contribution is 6.01. The molecule has 1 rings (SSSR count). The first-order valence-electron chi connectivity index (χ1n) is 6.77. The van der Waals surface area contributed by atoms with Gasteiger partial charge in [-0.3, -0.25) is 9.59 Å². The van der Waals surface area contributed by atoms with Crippen LogP contribution >= 0.6 is 0 Å². The number of carbonyl (C=O) groups excluding carboxylic acids is 2. The van der Waals surface area contributed by atoms with E-state index < -0.39 is 23.4 Å². The summed E-state index contributed by atoms with van der Waals surface area (Å²) >= 11 is 0. The van der Waals surface area contributed by atoms with E-state index in [4.69, 9.17) is 14.6 Å². The second-order valence-electron chi connectivity index (χ2n) is 6.33. The van der Waals surface area contributed by atoms with Crippen LogP contribution in [0.4, 0.5) is 0 Å². The van der Waals surface area contributed by atoms with Gasteiger partial charge in [0, 0.05) is 18.7 Å². The van der Waals surface area contributed by atoms with Crippen molar-refractivity contribution >= 4 is 11.9 Å². The number of aliphatic hydroxyl groups is 1. The number of nitrogens with one attached hydrogen (secondary N) is 1. The predicted octanol–water partition coefficient (Wildman–Crippen LogP) is 0.478. The molecule has 0 unspecified atom stereocenters. The molecule has 0 aromatic rings. The summed E-state index contributed by atoms with van der Waals surface area (Å²) in [5.74, 6) is -1.17. The minimum absolute atomic E-state index is 0.00699. The smallest absolute Gasteiger partial charge is 0.324 e. The quantitative estimate of drug-likeness (QED) is 0.578. The fraction of sp³-hybridized carbons (Fsp3) is 0.857. The first kappa shape index (κ1) is 16.9. The lowest BCUT2D eigenvalue weighted by molar-refractivity contribution is -0.172. The zero-order valence-corrected chi connectivity index (χ0v) is 12.9. The average Bonchev–Trinajstić information content (AvgIpc) is 2.78. The van der Waals surface area contributed by atoms with Crippen LogP contribution in [-0.2, 0) is 19.1 Å². The number of methoxy groups -OCH3 is 2. The van der Waals surface area contributed by atoms with Gasteiger partial charge in [-0.25, -0.2) is 0 Å². The molecule has 6 heteroatoms. The molecule has 0 spiro atoms. The van der Waals surface area contributed by atoms with Gasteiger partial charge in [0.2, 0.25) is 0 Å². The molecular formula is C14H25NO5. The average molecular weight is 287 g/mol. The van der Waals surface area contributed by atoms with Crippen molar-refractivity contribution in [2.24, 2.45) is 10.8 Å². The minimum atomic E-state index is -1.36. The summed E-state index contributed by atoms with van der Waals surface area (Å²) in [6.07, 6.45) is 0.747. The Morgan fingerprint density at radius 1 is 1.25 bits per heavy atom. The fourth-order valence-corrected chi connectivity index (χ4v) is 3.12. The van der Waals surface area contributed by atoms with Crippen molar-refractivity contribution in [3.8, 4) is 0 Å². The van der Waals surface area contributed by atoms with E-state index >= 15 is 0 Å². The third-order valence-electron chi connectivity index (χ3n) is 3.91. The first-order valence-corrected chi connectivity index (χ1v) is 6.77. The number of esters is 2. The summed E-state index contributed by atoms with van der Waals surface area (Å²) in [4.78, 5) is 24.6. The molecule has 0 aromatic heterocycles. The van der Waals surface area contributed by atoms with E-state index in [1.807, 2.05) is 20.8 Å². The summed E-state index contributed by atoms with van der Waals surface area (Å²) < 4.78 is 9.74. The van der Waals surface area contributed by atoms with Crippen LogP contribution in [0.15, 0.2) is 0 Å². The second kappa shape index (κ2) is 6.10. The first-order chi connectivity index (χ1) is 9.23. The fourth-order valence-electron chi connectivity index (χ4n) is 3.12. The van der Waals surface area contributed by atoms with Crippen LogP contribution in [0.1, 0.15) is 33.6 Å². The van der Waals surface area contributed by atoms with Crippen LogP contribution in [-0.4, -0.2) is 50.0 Å². The largest absolute Gasteiger partial charge is 0.468 e. The molecule has 0 bridgehead atoms. The SMILES string of the molecule is COC(=O)C1(C(=O)OC)C[C@H](CCO)N[C@H]1C(C)(C)C. The van der Waals surface area contributed by atoms with Gasteiger partial charge in [0.1, 0.15) is 0 Å². The van der Waals surface area contributed by atoms with Crippen LogP contribution < -0.4 is 5.32 Å². The highest BCUT2D eigenvalue weighted by atomic mass is 16.5. The van der Waals surface area contributed by atoms with Gasteiger partial charge in [-0.2, -0.15) is 0 Å². The Balaban J connectivity index is 3.28. The molecular weight excluding hydrogens is 262 g/mol. The number of rotatable bonds is 4. The number of aliphatic hydroxyl groups excluding tert-OH is 1. The highest BCUT2D eigenvalue weighted by Crippen LogP contribution is 2.45. The van der Waals surface area contributed by atoms with Gasteiger partial charge < -0.3 is 19.9 Å². The maximum atomic E-state index is 12.3. The number of hydrogen-bond acceptors (Lipinski definition) is 6. The van der Waals surface area contributed by atoms with Gasteiger partial charge in [-0.1, -0.05) is 20.8 Å². The van der Waals surface area contributed by atoms with Crippen LogP contribution in [0.5, 0.6) is 0 Å². The maximum absolute atomic E-state index is 12.3. The third-order valence-corrected chi connectivity index (χ3v) is 3.91. The standard InChI is InChI=1S/C14H25NO5/c1-13(2,3)10-14(11(17)19-4,12(18)20-5)8-9(15-10)6-7-16/h9-10,15-16H,6-8H2,1-5H3/t9-,10-/m0/s1. The molecule has 0 radical (unpaired) electrons. The molecule has 20 heavy (non-hydrogen) atoms. The Kier molecular flexibility index (Phi) is 5.15. The van der Waals surface area contributed by atoms with Crippen LogP contribution in [0.25, 0.3) is 0 Å². The Hall–Kier alpha value is -1.14. The molecule has 1 fully saturated rings. The Morgan fingerprint density at radius 2 is 1.75 bits per heavy atom. The molecule has 0 aromatic carbocycles. The van der Waals surface area contributed by atoms with Gasteiger partial charge in [0.15, 0.2) is 5.41 Å². The van der Waals surface area contributed by atoms with Crippen LogP contribution in [0.3, 0.4) is 0 Å². The van der Waals surface area contributed by atoms with Crippen molar-refractivity contribution in [2.75, 3.05) is 20.8 Å². The summed E-state index contributed by atoms with van der Waals surface area (Å²) in [7, 11) is 2.54. The zero-order valence-electron chi connectivity index (χ0n) is 12.9. The Morgan fingerprint density at radius 3 is 2.10 bits per heavy atom. The second-order valence-corrected chi connectivity index (χ2v) is 6.33. The normalized spacial score (nSPS) is 25.3. The lowest BCUT2D eigenvalue weighted by atomic mass is 9.69. The molecule has 2 N–H and O–H groups in total. The molecule has 116 valence electrons. The van der Waals surface area contributed by atoms with E-state index in [1.165, 1.54) is 14.2 Å². The molecule has 1 saturated heterocycles. The summed E-state index contributed by atoms with van der Waals surface area (Å²) in [6, 6.07) is -0.533. The lowest BCUT2D eigenvalue weighted by Gasteiger charge is -2.37.